The van der Waals surface area contributed by atoms with E-state index in [1.807, 2.05) is 0 Å². The largest absolute Gasteiger partial charge is 0.468 e. The maximum Gasteiger partial charge on any atom is 0.416 e. The summed E-state index contributed by atoms with van der Waals surface area (Å²) in [5.74, 6) is -4.44. The highest BCUT2D eigenvalue weighted by atomic mass is 19.4. The van der Waals surface area contributed by atoms with Gasteiger partial charge in [0.2, 0.25) is 0 Å². The number of ether oxygens (including phenoxy) is 3. The van der Waals surface area contributed by atoms with Gasteiger partial charge in [-0.05, 0) is 43.9 Å². The van der Waals surface area contributed by atoms with Gasteiger partial charge in [-0.15, -0.1) is 0 Å². The molecule has 1 aliphatic carbocycles. The normalized spacial score (nSPS) is 22.5. The fourth-order valence-electron chi connectivity index (χ4n) is 4.56. The maximum atomic E-state index is 13.6. The Bertz CT molecular complexity index is 1060. The molecule has 10 heteroatoms. The molecule has 1 aliphatic heterocycles. The molecule has 35 heavy (non-hydrogen) atoms. The molecule has 0 unspecified atom stereocenters. The number of alkyl halides is 3. The van der Waals surface area contributed by atoms with E-state index in [9.17, 15) is 27.6 Å². The summed E-state index contributed by atoms with van der Waals surface area (Å²) in [7, 11) is 1.18. The number of benzene rings is 1. The number of methoxy groups -OCH3 is 1. The minimum Gasteiger partial charge on any atom is -0.468 e. The molecule has 0 radical (unpaired) electrons. The Hall–Kier alpha value is -3.14. The molecule has 1 aromatic carbocycles. The van der Waals surface area contributed by atoms with Crippen LogP contribution >= 0.6 is 0 Å². The van der Waals surface area contributed by atoms with E-state index in [0.717, 1.165) is 12.1 Å². The number of Topliss-reactive ketones (excluding diaryl/α,β-unsaturated/α-hetero) is 1. The van der Waals surface area contributed by atoms with Gasteiger partial charge >= 0.3 is 18.1 Å². The summed E-state index contributed by atoms with van der Waals surface area (Å²) in [6, 6.07) is 4.28. The number of nitrogens with one attached hydrogen (secondary N) is 1. The minimum atomic E-state index is -4.55. The summed E-state index contributed by atoms with van der Waals surface area (Å²) in [5, 5.41) is 3.10. The van der Waals surface area contributed by atoms with Crippen LogP contribution < -0.4 is 5.32 Å². The lowest BCUT2D eigenvalue weighted by Gasteiger charge is -2.38. The van der Waals surface area contributed by atoms with Gasteiger partial charge in [-0.1, -0.05) is 19.1 Å². The molecule has 0 saturated heterocycles. The standard InChI is InChI=1S/C25H28F3NO6/c1-5-34-10-11-35-24(32)19-14(3)29-17-12-13(2)18(23(31)33-4)22(30)21(17)20(19)15-6-8-16(9-7-15)25(26,27)28/h6-9,13,18,20,29H,5,10-12H2,1-4H3/t13-,18+,20-/m1/s1. The summed E-state index contributed by atoms with van der Waals surface area (Å²) in [4.78, 5) is 39.1. The lowest BCUT2D eigenvalue weighted by molar-refractivity contribution is -0.151. The molecular weight excluding hydrogens is 467 g/mol. The van der Waals surface area contributed by atoms with Crippen LogP contribution in [0.15, 0.2) is 46.8 Å². The molecule has 190 valence electrons. The zero-order chi connectivity index (χ0) is 25.9. The highest BCUT2D eigenvalue weighted by Crippen LogP contribution is 2.45. The van der Waals surface area contributed by atoms with Gasteiger partial charge in [0.1, 0.15) is 12.5 Å². The van der Waals surface area contributed by atoms with Gasteiger partial charge in [0.15, 0.2) is 5.78 Å². The number of rotatable bonds is 7. The Morgan fingerprint density at radius 2 is 1.80 bits per heavy atom. The van der Waals surface area contributed by atoms with Gasteiger partial charge in [0.25, 0.3) is 0 Å². The number of carbonyl (C=O) groups excluding carboxylic acids is 3. The third kappa shape index (κ3) is 5.42. The Balaban J connectivity index is 2.09. The summed E-state index contributed by atoms with van der Waals surface area (Å²) in [5.41, 5.74) is 0.631. The molecule has 0 amide bonds. The van der Waals surface area contributed by atoms with Gasteiger partial charge in [0, 0.05) is 29.5 Å². The Morgan fingerprint density at radius 1 is 1.14 bits per heavy atom. The van der Waals surface area contributed by atoms with Crippen molar-refractivity contribution in [1.82, 2.24) is 5.32 Å². The number of esters is 2. The summed E-state index contributed by atoms with van der Waals surface area (Å²) >= 11 is 0. The number of dihydropyridines is 1. The summed E-state index contributed by atoms with van der Waals surface area (Å²) in [6.45, 7) is 5.75. The molecule has 7 nitrogen and oxygen atoms in total. The number of allylic oxidation sites excluding steroid dienone is 3. The highest BCUT2D eigenvalue weighted by molar-refractivity contribution is 6.12. The number of hydrogen-bond acceptors (Lipinski definition) is 7. The van der Waals surface area contributed by atoms with Crippen molar-refractivity contribution in [2.75, 3.05) is 26.9 Å². The van der Waals surface area contributed by atoms with Crippen LogP contribution in [0.5, 0.6) is 0 Å². The quantitative estimate of drug-likeness (QED) is 0.349. The first-order valence-electron chi connectivity index (χ1n) is 11.3. The molecule has 0 bridgehead atoms. The van der Waals surface area contributed by atoms with E-state index in [-0.39, 0.29) is 30.3 Å². The molecule has 2 aliphatic rings. The molecule has 3 atom stereocenters. The Kier molecular flexibility index (Phi) is 8.04. The molecule has 0 spiro atoms. The van der Waals surface area contributed by atoms with Crippen LogP contribution in [0.2, 0.25) is 0 Å². The third-order valence-corrected chi connectivity index (χ3v) is 6.20. The number of halogens is 3. The first kappa shape index (κ1) is 26.5. The van der Waals surface area contributed by atoms with E-state index in [0.29, 0.717) is 30.0 Å². The predicted octanol–water partition coefficient (Wildman–Crippen LogP) is 3.90. The fraction of sp³-hybridized carbons (Fsp3) is 0.480. The number of carbonyl (C=O) groups is 3. The maximum absolute atomic E-state index is 13.6. The van der Waals surface area contributed by atoms with Crippen molar-refractivity contribution >= 4 is 17.7 Å². The second kappa shape index (κ2) is 10.6. The highest BCUT2D eigenvalue weighted by Gasteiger charge is 2.47. The molecule has 3 rings (SSSR count). The average Bonchev–Trinajstić information content (AvgIpc) is 2.80. The van der Waals surface area contributed by atoms with Crippen molar-refractivity contribution in [3.8, 4) is 0 Å². The van der Waals surface area contributed by atoms with E-state index in [1.54, 1.807) is 20.8 Å². The molecule has 0 aromatic heterocycles. The molecule has 1 heterocycles. The second-order valence-electron chi connectivity index (χ2n) is 8.49. The lowest BCUT2D eigenvalue weighted by atomic mass is 9.69. The minimum absolute atomic E-state index is 0.0368. The van der Waals surface area contributed by atoms with Crippen molar-refractivity contribution in [1.29, 1.82) is 0 Å². The Labute approximate surface area is 201 Å². The van der Waals surface area contributed by atoms with Gasteiger partial charge in [-0.3, -0.25) is 9.59 Å². The monoisotopic (exact) mass is 495 g/mol. The van der Waals surface area contributed by atoms with Crippen molar-refractivity contribution in [3.63, 3.8) is 0 Å². The molecule has 1 aromatic rings. The van der Waals surface area contributed by atoms with Gasteiger partial charge < -0.3 is 19.5 Å². The molecule has 0 fully saturated rings. The third-order valence-electron chi connectivity index (χ3n) is 6.20. The van der Waals surface area contributed by atoms with Crippen LogP contribution in [-0.4, -0.2) is 44.7 Å². The van der Waals surface area contributed by atoms with E-state index < -0.39 is 41.3 Å². The van der Waals surface area contributed by atoms with E-state index >= 15 is 0 Å². The van der Waals surface area contributed by atoms with Crippen LogP contribution in [0.25, 0.3) is 0 Å². The Morgan fingerprint density at radius 3 is 2.37 bits per heavy atom. The summed E-state index contributed by atoms with van der Waals surface area (Å²) < 4.78 is 54.9. The topological polar surface area (TPSA) is 90.9 Å². The molecule has 0 saturated carbocycles. The number of ketones is 1. The fourth-order valence-corrected chi connectivity index (χ4v) is 4.56. The number of hydrogen-bond donors (Lipinski definition) is 1. The van der Waals surface area contributed by atoms with Crippen LogP contribution in [0.3, 0.4) is 0 Å². The van der Waals surface area contributed by atoms with Crippen molar-refractivity contribution in [2.45, 2.75) is 39.3 Å². The smallest absolute Gasteiger partial charge is 0.416 e. The summed E-state index contributed by atoms with van der Waals surface area (Å²) in [6.07, 6.45) is -4.22. The predicted molar refractivity (Wildman–Crippen MR) is 119 cm³/mol. The van der Waals surface area contributed by atoms with E-state index in [4.69, 9.17) is 14.2 Å². The van der Waals surface area contributed by atoms with Crippen LogP contribution in [0.1, 0.15) is 44.2 Å². The van der Waals surface area contributed by atoms with Gasteiger partial charge in [0.05, 0.1) is 24.9 Å². The first-order chi connectivity index (χ1) is 16.5. The molecular formula is C25H28F3NO6. The van der Waals surface area contributed by atoms with Crippen molar-refractivity contribution in [3.05, 3.63) is 57.9 Å². The van der Waals surface area contributed by atoms with Crippen LogP contribution in [0, 0.1) is 11.8 Å². The average molecular weight is 495 g/mol. The zero-order valence-corrected chi connectivity index (χ0v) is 20.0. The first-order valence-corrected chi connectivity index (χ1v) is 11.3. The lowest BCUT2D eigenvalue weighted by Crippen LogP contribution is -2.43. The second-order valence-corrected chi connectivity index (χ2v) is 8.49. The van der Waals surface area contributed by atoms with Crippen molar-refractivity contribution < 1.29 is 41.8 Å². The zero-order valence-electron chi connectivity index (χ0n) is 20.0. The SMILES string of the molecule is CCOCCOC(=O)C1=C(C)NC2=C(C(=O)[C@@H](C(=O)OC)[C@H](C)C2)[C@@H]1c1ccc(C(F)(F)F)cc1. The van der Waals surface area contributed by atoms with Crippen LogP contribution in [-0.2, 0) is 34.8 Å². The van der Waals surface area contributed by atoms with E-state index in [2.05, 4.69) is 5.32 Å². The van der Waals surface area contributed by atoms with Crippen molar-refractivity contribution in [2.24, 2.45) is 11.8 Å². The molecule has 1 N–H and O–H groups in total. The van der Waals surface area contributed by atoms with E-state index in [1.165, 1.54) is 19.2 Å². The van der Waals surface area contributed by atoms with Gasteiger partial charge in [-0.2, -0.15) is 13.2 Å². The van der Waals surface area contributed by atoms with Crippen LogP contribution in [0.4, 0.5) is 13.2 Å². The van der Waals surface area contributed by atoms with Gasteiger partial charge in [-0.25, -0.2) is 4.79 Å².